The molecule has 2 rings (SSSR count). The quantitative estimate of drug-likeness (QED) is 0.673. The van der Waals surface area contributed by atoms with Gasteiger partial charge in [0.05, 0.1) is 16.3 Å². The largest absolute Gasteiger partial charge is 0.425 e. The van der Waals surface area contributed by atoms with Gasteiger partial charge >= 0.3 is 10.6 Å². The highest BCUT2D eigenvalue weighted by Crippen LogP contribution is 2.19. The first-order valence-corrected chi connectivity index (χ1v) is 8.04. The van der Waals surface area contributed by atoms with Crippen molar-refractivity contribution < 1.29 is 25.6 Å². The van der Waals surface area contributed by atoms with Gasteiger partial charge in [0.15, 0.2) is 0 Å². The van der Waals surface area contributed by atoms with E-state index in [2.05, 4.69) is 10.2 Å². The molecule has 0 saturated carbocycles. The van der Waals surface area contributed by atoms with Gasteiger partial charge in [0.25, 0.3) is 10.1 Å². The molecule has 0 spiro atoms. The molecule has 0 bridgehead atoms. The fraction of sp³-hybridized carbons (Fsp3) is 0. The molecule has 10 heteroatoms. The Kier molecular flexibility index (Phi) is 6.50. The van der Waals surface area contributed by atoms with E-state index in [4.69, 9.17) is 17.2 Å². The topological polar surface area (TPSA) is 130 Å². The second-order valence-electron chi connectivity index (χ2n) is 3.71. The van der Waals surface area contributed by atoms with Gasteiger partial charge in [-0.3, -0.25) is 4.55 Å². The van der Waals surface area contributed by atoms with Crippen LogP contribution in [0.3, 0.4) is 0 Å². The maximum absolute atomic E-state index is 10.8. The molecule has 0 atom stereocenters. The van der Waals surface area contributed by atoms with E-state index in [1.165, 1.54) is 24.3 Å². The molecule has 0 aliphatic heterocycles. The Morgan fingerprint density at radius 3 is 1.59 bits per heavy atom. The van der Waals surface area contributed by atoms with Crippen molar-refractivity contribution >= 4 is 32.1 Å². The van der Waals surface area contributed by atoms with Crippen LogP contribution in [0.4, 0.5) is 11.4 Å². The number of rotatable bonds is 3. The van der Waals surface area contributed by atoms with Crippen LogP contribution < -0.4 is 0 Å². The predicted molar refractivity (Wildman–Crippen MR) is 76.6 cm³/mol. The van der Waals surface area contributed by atoms with E-state index in [1.807, 2.05) is 18.2 Å². The molecule has 22 heavy (non-hydrogen) atoms. The lowest BCUT2D eigenvalue weighted by Gasteiger charge is -1.96. The van der Waals surface area contributed by atoms with E-state index in [0.29, 0.717) is 11.4 Å². The number of hydrogen-bond acceptors (Lipinski definition) is 7. The SMILES string of the molecule is O=S(=O)(O)c1ccc(N=Nc2ccccc2)cc1.O=S(=O)=O. The van der Waals surface area contributed by atoms with Crippen LogP contribution in [0.25, 0.3) is 0 Å². The standard InChI is InChI=1S/C12H10N2O3S.O3S/c15-18(16,17)12-8-6-11(7-9-12)14-13-10-4-2-1-3-5-10;1-4(2)3/h1-9H,(H,15,16,17);. The van der Waals surface area contributed by atoms with Gasteiger partial charge in [0.2, 0.25) is 0 Å². The Morgan fingerprint density at radius 1 is 0.773 bits per heavy atom. The fourth-order valence-electron chi connectivity index (χ4n) is 1.29. The summed E-state index contributed by atoms with van der Waals surface area (Å²) in [6.07, 6.45) is 0. The number of azo groups is 1. The van der Waals surface area contributed by atoms with Crippen LogP contribution in [0, 0.1) is 0 Å². The molecule has 0 unspecified atom stereocenters. The smallest absolute Gasteiger partial charge is 0.282 e. The molecule has 0 aliphatic carbocycles. The molecule has 2 aromatic carbocycles. The van der Waals surface area contributed by atoms with Crippen LogP contribution in [0.2, 0.25) is 0 Å². The molecule has 2 aromatic rings. The molecule has 0 radical (unpaired) electrons. The monoisotopic (exact) mass is 342 g/mol. The zero-order chi connectivity index (χ0) is 16.6. The van der Waals surface area contributed by atoms with Crippen LogP contribution in [0.1, 0.15) is 0 Å². The summed E-state index contributed by atoms with van der Waals surface area (Å²) in [6, 6.07) is 14.6. The highest BCUT2D eigenvalue weighted by atomic mass is 32.2. The summed E-state index contributed by atoms with van der Waals surface area (Å²) in [6.45, 7) is 0. The van der Waals surface area contributed by atoms with Crippen molar-refractivity contribution in [2.24, 2.45) is 10.2 Å². The van der Waals surface area contributed by atoms with Crippen molar-refractivity contribution in [3.8, 4) is 0 Å². The van der Waals surface area contributed by atoms with Gasteiger partial charge in [-0.05, 0) is 36.4 Å². The van der Waals surface area contributed by atoms with Crippen LogP contribution in [0.15, 0.2) is 69.7 Å². The lowest BCUT2D eigenvalue weighted by atomic mass is 10.3. The van der Waals surface area contributed by atoms with Crippen molar-refractivity contribution in [1.82, 2.24) is 0 Å². The Bertz CT molecular complexity index is 838. The van der Waals surface area contributed by atoms with Gasteiger partial charge in [0.1, 0.15) is 0 Å². The van der Waals surface area contributed by atoms with Crippen molar-refractivity contribution in [2.45, 2.75) is 4.90 Å². The maximum atomic E-state index is 10.8. The molecule has 0 fully saturated rings. The summed E-state index contributed by atoms with van der Waals surface area (Å²) in [5.41, 5.74) is 1.21. The number of benzene rings is 2. The van der Waals surface area contributed by atoms with Crippen LogP contribution in [0.5, 0.6) is 0 Å². The third kappa shape index (κ3) is 6.83. The molecule has 8 nitrogen and oxygen atoms in total. The minimum Gasteiger partial charge on any atom is -0.282 e. The third-order valence-corrected chi connectivity index (χ3v) is 3.04. The average molecular weight is 342 g/mol. The van der Waals surface area contributed by atoms with Gasteiger partial charge in [-0.25, -0.2) is 0 Å². The molecule has 1 N–H and O–H groups in total. The van der Waals surface area contributed by atoms with Gasteiger partial charge < -0.3 is 0 Å². The van der Waals surface area contributed by atoms with Crippen molar-refractivity contribution in [2.75, 3.05) is 0 Å². The lowest BCUT2D eigenvalue weighted by molar-refractivity contribution is 0.483. The second-order valence-corrected chi connectivity index (χ2v) is 5.54. The summed E-state index contributed by atoms with van der Waals surface area (Å²) in [7, 11) is -7.27. The molecular formula is C12H10N2O6S2. The molecule has 0 aromatic heterocycles. The van der Waals surface area contributed by atoms with E-state index >= 15 is 0 Å². The Morgan fingerprint density at radius 2 is 1.18 bits per heavy atom. The molecule has 0 heterocycles. The van der Waals surface area contributed by atoms with Crippen molar-refractivity contribution in [3.05, 3.63) is 54.6 Å². The lowest BCUT2D eigenvalue weighted by Crippen LogP contribution is -1.96. The highest BCUT2D eigenvalue weighted by molar-refractivity contribution is 7.85. The summed E-state index contributed by atoms with van der Waals surface area (Å²) >= 11 is 0. The molecular weight excluding hydrogens is 332 g/mol. The minimum atomic E-state index is -4.16. The minimum absolute atomic E-state index is 0.166. The zero-order valence-electron chi connectivity index (χ0n) is 10.9. The van der Waals surface area contributed by atoms with E-state index in [9.17, 15) is 8.42 Å². The molecule has 116 valence electrons. The highest BCUT2D eigenvalue weighted by Gasteiger charge is 2.07. The van der Waals surface area contributed by atoms with Crippen LogP contribution in [-0.2, 0) is 20.7 Å². The molecule has 0 saturated heterocycles. The van der Waals surface area contributed by atoms with Crippen molar-refractivity contribution in [1.29, 1.82) is 0 Å². The molecule has 0 amide bonds. The third-order valence-electron chi connectivity index (χ3n) is 2.17. The van der Waals surface area contributed by atoms with Gasteiger partial charge in [0, 0.05) is 0 Å². The van der Waals surface area contributed by atoms with Crippen molar-refractivity contribution in [3.63, 3.8) is 0 Å². The fourth-order valence-corrected chi connectivity index (χ4v) is 1.77. The molecule has 0 aliphatic rings. The van der Waals surface area contributed by atoms with Gasteiger partial charge in [-0.15, -0.1) is 12.6 Å². The zero-order valence-corrected chi connectivity index (χ0v) is 12.5. The van der Waals surface area contributed by atoms with Gasteiger partial charge in [-0.1, -0.05) is 18.2 Å². The normalized spacial score (nSPS) is 10.8. The summed E-state index contributed by atoms with van der Waals surface area (Å²) in [4.78, 5) is -0.166. The predicted octanol–water partition coefficient (Wildman–Crippen LogP) is 2.34. The Hall–Kier alpha value is -2.43. The Labute approximate surface area is 128 Å². The summed E-state index contributed by atoms with van der Waals surface area (Å²) < 4.78 is 55.8. The number of nitrogens with zero attached hydrogens (tertiary/aromatic N) is 2. The van der Waals surface area contributed by atoms with Crippen LogP contribution in [-0.4, -0.2) is 25.6 Å². The van der Waals surface area contributed by atoms with E-state index in [0.717, 1.165) is 0 Å². The number of hydrogen-bond donors (Lipinski definition) is 1. The van der Waals surface area contributed by atoms with E-state index < -0.39 is 20.7 Å². The second kappa shape index (κ2) is 8.12. The van der Waals surface area contributed by atoms with Crippen LogP contribution >= 0.6 is 0 Å². The first-order chi connectivity index (χ1) is 10.3. The first-order valence-electron chi connectivity index (χ1n) is 5.60. The van der Waals surface area contributed by atoms with E-state index in [1.54, 1.807) is 12.1 Å². The first kappa shape index (κ1) is 17.6. The summed E-state index contributed by atoms with van der Waals surface area (Å²) in [5, 5.41) is 7.93. The Balaban J connectivity index is 0.000000541. The summed E-state index contributed by atoms with van der Waals surface area (Å²) in [5.74, 6) is 0. The average Bonchev–Trinajstić information content (AvgIpc) is 2.45. The van der Waals surface area contributed by atoms with Gasteiger partial charge in [-0.2, -0.15) is 18.6 Å². The maximum Gasteiger partial charge on any atom is 0.425 e. The van der Waals surface area contributed by atoms with E-state index in [-0.39, 0.29) is 4.90 Å².